The first kappa shape index (κ1) is 14.8. The quantitative estimate of drug-likeness (QED) is 0.577. The van der Waals surface area contributed by atoms with Gasteiger partial charge in [0.1, 0.15) is 5.75 Å². The summed E-state index contributed by atoms with van der Waals surface area (Å²) in [6, 6.07) is 5.89. The largest absolute Gasteiger partial charge is 0.506 e. The molecule has 4 heteroatoms. The molecule has 0 aromatic heterocycles. The number of nitrogens with zero attached hydrogens (tertiary/aromatic N) is 1. The Hall–Kier alpha value is -1.26. The molecule has 0 aliphatic heterocycles. The molecule has 0 heterocycles. The molecule has 1 aromatic carbocycles. The second kappa shape index (κ2) is 7.24. The van der Waals surface area contributed by atoms with Crippen LogP contribution in [0.1, 0.15) is 25.8 Å². The summed E-state index contributed by atoms with van der Waals surface area (Å²) in [4.78, 5) is 2.36. The highest BCUT2D eigenvalue weighted by molar-refractivity contribution is 5.53. The number of phenolic OH excluding ortho intramolecular Hbond substituents is 1. The average Bonchev–Trinajstić information content (AvgIpc) is 2.37. The highest BCUT2D eigenvalue weighted by atomic mass is 16.5. The number of ether oxygens (including phenoxy) is 1. The summed E-state index contributed by atoms with van der Waals surface area (Å²) in [6.45, 7) is 6.82. The standard InChI is InChI=1S/C14H24N2O2/c1-4-11(2)16(7-8-18-3)10-12-5-6-14(17)13(15)9-12/h5-6,9,11,17H,4,7-8,10,15H2,1-3H3. The number of anilines is 1. The van der Waals surface area contributed by atoms with E-state index in [0.717, 1.165) is 31.7 Å². The molecule has 4 nitrogen and oxygen atoms in total. The van der Waals surface area contributed by atoms with Crippen LogP contribution in [0.3, 0.4) is 0 Å². The smallest absolute Gasteiger partial charge is 0.138 e. The van der Waals surface area contributed by atoms with Gasteiger partial charge in [0, 0.05) is 26.2 Å². The monoisotopic (exact) mass is 252 g/mol. The van der Waals surface area contributed by atoms with E-state index in [1.807, 2.05) is 12.1 Å². The van der Waals surface area contributed by atoms with E-state index in [1.54, 1.807) is 13.2 Å². The maximum absolute atomic E-state index is 9.42. The fraction of sp³-hybridized carbons (Fsp3) is 0.571. The summed E-state index contributed by atoms with van der Waals surface area (Å²) in [5, 5.41) is 9.42. The molecule has 0 spiro atoms. The lowest BCUT2D eigenvalue weighted by Gasteiger charge is -2.28. The first-order valence-corrected chi connectivity index (χ1v) is 6.38. The van der Waals surface area contributed by atoms with Crippen molar-refractivity contribution in [2.75, 3.05) is 26.0 Å². The predicted octanol–water partition coefficient (Wildman–Crippen LogP) is 2.22. The Morgan fingerprint density at radius 1 is 1.44 bits per heavy atom. The third kappa shape index (κ3) is 4.20. The fourth-order valence-electron chi connectivity index (χ4n) is 1.86. The molecule has 0 fully saturated rings. The van der Waals surface area contributed by atoms with E-state index in [4.69, 9.17) is 10.5 Å². The Kier molecular flexibility index (Phi) is 5.95. The van der Waals surface area contributed by atoms with Gasteiger partial charge in [-0.15, -0.1) is 0 Å². The van der Waals surface area contributed by atoms with Gasteiger partial charge in [0.25, 0.3) is 0 Å². The van der Waals surface area contributed by atoms with Crippen molar-refractivity contribution in [1.29, 1.82) is 0 Å². The zero-order chi connectivity index (χ0) is 13.5. The Bertz CT molecular complexity index is 369. The number of phenols is 1. The molecule has 0 saturated carbocycles. The minimum Gasteiger partial charge on any atom is -0.506 e. The molecular weight excluding hydrogens is 228 g/mol. The van der Waals surface area contributed by atoms with Crippen molar-refractivity contribution in [2.45, 2.75) is 32.9 Å². The zero-order valence-corrected chi connectivity index (χ0v) is 11.5. The molecule has 0 amide bonds. The van der Waals surface area contributed by atoms with Crippen molar-refractivity contribution < 1.29 is 9.84 Å². The van der Waals surface area contributed by atoms with E-state index in [-0.39, 0.29) is 5.75 Å². The molecule has 0 saturated heterocycles. The topological polar surface area (TPSA) is 58.7 Å². The molecule has 0 bridgehead atoms. The van der Waals surface area contributed by atoms with Gasteiger partial charge in [-0.05, 0) is 31.0 Å². The molecule has 18 heavy (non-hydrogen) atoms. The van der Waals surface area contributed by atoms with Crippen LogP contribution < -0.4 is 5.73 Å². The third-order valence-electron chi connectivity index (χ3n) is 3.27. The van der Waals surface area contributed by atoms with E-state index in [9.17, 15) is 5.11 Å². The van der Waals surface area contributed by atoms with Crippen molar-refractivity contribution in [1.82, 2.24) is 4.90 Å². The van der Waals surface area contributed by atoms with Gasteiger partial charge in [0.05, 0.1) is 12.3 Å². The molecule has 102 valence electrons. The van der Waals surface area contributed by atoms with Gasteiger partial charge in [-0.3, -0.25) is 4.90 Å². The number of nitrogen functional groups attached to an aromatic ring is 1. The second-order valence-electron chi connectivity index (χ2n) is 4.61. The van der Waals surface area contributed by atoms with Gasteiger partial charge >= 0.3 is 0 Å². The van der Waals surface area contributed by atoms with Crippen LogP contribution in [0.25, 0.3) is 0 Å². The number of aromatic hydroxyl groups is 1. The maximum Gasteiger partial charge on any atom is 0.138 e. The van der Waals surface area contributed by atoms with Crippen LogP contribution in [-0.4, -0.2) is 36.3 Å². The average molecular weight is 252 g/mol. The van der Waals surface area contributed by atoms with E-state index in [1.165, 1.54) is 0 Å². The Morgan fingerprint density at radius 2 is 2.17 bits per heavy atom. The highest BCUT2D eigenvalue weighted by Gasteiger charge is 2.12. The van der Waals surface area contributed by atoms with E-state index in [2.05, 4.69) is 18.7 Å². The van der Waals surface area contributed by atoms with Gasteiger partial charge in [-0.1, -0.05) is 13.0 Å². The van der Waals surface area contributed by atoms with Crippen LogP contribution in [0.15, 0.2) is 18.2 Å². The van der Waals surface area contributed by atoms with Gasteiger partial charge in [0.2, 0.25) is 0 Å². The van der Waals surface area contributed by atoms with Crippen LogP contribution in [0, 0.1) is 0 Å². The number of nitrogens with two attached hydrogens (primary N) is 1. The number of benzene rings is 1. The minimum atomic E-state index is 0.144. The van der Waals surface area contributed by atoms with Crippen LogP contribution in [0.2, 0.25) is 0 Å². The van der Waals surface area contributed by atoms with E-state index < -0.39 is 0 Å². The molecule has 1 aromatic rings. The summed E-state index contributed by atoms with van der Waals surface area (Å²) in [6.07, 6.45) is 1.09. The van der Waals surface area contributed by atoms with Gasteiger partial charge < -0.3 is 15.6 Å². The summed E-state index contributed by atoms with van der Waals surface area (Å²) >= 11 is 0. The molecule has 0 aliphatic carbocycles. The lowest BCUT2D eigenvalue weighted by Crippen LogP contribution is -2.34. The van der Waals surface area contributed by atoms with Crippen molar-refractivity contribution in [2.24, 2.45) is 0 Å². The maximum atomic E-state index is 9.42. The van der Waals surface area contributed by atoms with Crippen LogP contribution in [0.4, 0.5) is 5.69 Å². The number of rotatable bonds is 7. The molecular formula is C14H24N2O2. The lowest BCUT2D eigenvalue weighted by molar-refractivity contribution is 0.118. The van der Waals surface area contributed by atoms with E-state index in [0.29, 0.717) is 11.7 Å². The Balaban J connectivity index is 2.71. The van der Waals surface area contributed by atoms with Crippen molar-refractivity contribution in [3.8, 4) is 5.75 Å². The first-order valence-electron chi connectivity index (χ1n) is 6.38. The summed E-state index contributed by atoms with van der Waals surface area (Å²) < 4.78 is 5.14. The molecule has 1 unspecified atom stereocenters. The molecule has 3 N–H and O–H groups in total. The summed E-state index contributed by atoms with van der Waals surface area (Å²) in [7, 11) is 1.72. The summed E-state index contributed by atoms with van der Waals surface area (Å²) in [5.74, 6) is 0.144. The van der Waals surface area contributed by atoms with Crippen molar-refractivity contribution in [3.05, 3.63) is 23.8 Å². The Morgan fingerprint density at radius 3 is 2.72 bits per heavy atom. The molecule has 1 atom stereocenters. The van der Waals surface area contributed by atoms with Crippen LogP contribution >= 0.6 is 0 Å². The number of hydrogen-bond donors (Lipinski definition) is 2. The lowest BCUT2D eigenvalue weighted by atomic mass is 10.1. The third-order valence-corrected chi connectivity index (χ3v) is 3.27. The number of methoxy groups -OCH3 is 1. The predicted molar refractivity (Wildman–Crippen MR) is 74.6 cm³/mol. The Labute approximate surface area is 109 Å². The molecule has 0 aliphatic rings. The number of hydrogen-bond acceptors (Lipinski definition) is 4. The van der Waals surface area contributed by atoms with Crippen molar-refractivity contribution >= 4 is 5.69 Å². The van der Waals surface area contributed by atoms with Crippen LogP contribution in [-0.2, 0) is 11.3 Å². The second-order valence-corrected chi connectivity index (χ2v) is 4.61. The van der Waals surface area contributed by atoms with Crippen LogP contribution in [0.5, 0.6) is 5.75 Å². The molecule has 1 rings (SSSR count). The first-order chi connectivity index (χ1) is 8.58. The zero-order valence-electron chi connectivity index (χ0n) is 11.5. The highest BCUT2D eigenvalue weighted by Crippen LogP contribution is 2.22. The van der Waals surface area contributed by atoms with Gasteiger partial charge in [-0.25, -0.2) is 0 Å². The van der Waals surface area contributed by atoms with Crippen molar-refractivity contribution in [3.63, 3.8) is 0 Å². The van der Waals surface area contributed by atoms with Gasteiger partial charge in [-0.2, -0.15) is 0 Å². The fourth-order valence-corrected chi connectivity index (χ4v) is 1.86. The normalized spacial score (nSPS) is 12.9. The van der Waals surface area contributed by atoms with Gasteiger partial charge in [0.15, 0.2) is 0 Å². The van der Waals surface area contributed by atoms with E-state index >= 15 is 0 Å². The SMILES string of the molecule is CCC(C)N(CCOC)Cc1ccc(O)c(N)c1. The minimum absolute atomic E-state index is 0.144. The summed E-state index contributed by atoms with van der Waals surface area (Å²) in [5.41, 5.74) is 7.26. The molecule has 0 radical (unpaired) electrons.